The Morgan fingerprint density at radius 3 is 2.43 bits per heavy atom. The highest BCUT2D eigenvalue weighted by molar-refractivity contribution is 8.18. The van der Waals surface area contributed by atoms with Crippen molar-refractivity contribution in [1.82, 2.24) is 9.47 Å². The minimum atomic E-state index is -0.453. The lowest BCUT2D eigenvalue weighted by molar-refractivity contribution is -0.127. The second-order valence-electron chi connectivity index (χ2n) is 9.15. The molecule has 1 fully saturated rings. The van der Waals surface area contributed by atoms with E-state index >= 15 is 0 Å². The van der Waals surface area contributed by atoms with E-state index < -0.39 is 17.1 Å². The van der Waals surface area contributed by atoms with Gasteiger partial charge in [-0.2, -0.15) is 0 Å². The zero-order valence-corrected chi connectivity index (χ0v) is 21.8. The predicted molar refractivity (Wildman–Crippen MR) is 149 cm³/mol. The fourth-order valence-corrected chi connectivity index (χ4v) is 5.42. The molecule has 1 aliphatic heterocycles. The van der Waals surface area contributed by atoms with Gasteiger partial charge in [0.25, 0.3) is 11.1 Å². The van der Waals surface area contributed by atoms with Crippen LogP contribution in [0.25, 0.3) is 17.0 Å². The summed E-state index contributed by atoms with van der Waals surface area (Å²) in [5.41, 5.74) is 6.81. The third-order valence-electron chi connectivity index (χ3n) is 6.79. The number of imide groups is 1. The van der Waals surface area contributed by atoms with Crippen molar-refractivity contribution in [3.63, 3.8) is 0 Å². The SMILES string of the molecule is Cc1cccc(NC(=O)CN2C(=O)S/C(=C\c3c(C)n(Cc4ccccc4)c4ccccc34)C2=O)c1C. The number of para-hydroxylation sites is 1. The Balaban J connectivity index is 1.41. The normalized spacial score (nSPS) is 14.7. The van der Waals surface area contributed by atoms with Gasteiger partial charge in [0.1, 0.15) is 6.54 Å². The van der Waals surface area contributed by atoms with Crippen LogP contribution in [-0.4, -0.2) is 33.1 Å². The van der Waals surface area contributed by atoms with Gasteiger partial charge in [-0.15, -0.1) is 0 Å². The van der Waals surface area contributed by atoms with Gasteiger partial charge in [-0.05, 0) is 67.4 Å². The maximum Gasteiger partial charge on any atom is 0.294 e. The molecule has 0 saturated carbocycles. The molecule has 6 nitrogen and oxygen atoms in total. The molecular weight excluding hydrogens is 482 g/mol. The highest BCUT2D eigenvalue weighted by atomic mass is 32.2. The Labute approximate surface area is 220 Å². The van der Waals surface area contributed by atoms with Crippen molar-refractivity contribution < 1.29 is 14.4 Å². The fraction of sp³-hybridized carbons (Fsp3) is 0.167. The summed E-state index contributed by atoms with van der Waals surface area (Å²) in [5, 5.41) is 3.39. The van der Waals surface area contributed by atoms with Gasteiger partial charge < -0.3 is 9.88 Å². The van der Waals surface area contributed by atoms with Crippen LogP contribution in [-0.2, 0) is 16.1 Å². The van der Waals surface area contributed by atoms with Crippen molar-refractivity contribution in [2.24, 2.45) is 0 Å². The summed E-state index contributed by atoms with van der Waals surface area (Å²) in [6.07, 6.45) is 1.78. The molecule has 1 saturated heterocycles. The number of benzene rings is 3. The summed E-state index contributed by atoms with van der Waals surface area (Å²) >= 11 is 0.870. The van der Waals surface area contributed by atoms with E-state index in [2.05, 4.69) is 28.1 Å². The molecule has 186 valence electrons. The Bertz CT molecular complexity index is 1570. The molecule has 0 unspecified atom stereocenters. The molecule has 37 heavy (non-hydrogen) atoms. The largest absolute Gasteiger partial charge is 0.340 e. The predicted octanol–water partition coefficient (Wildman–Crippen LogP) is 6.29. The van der Waals surface area contributed by atoms with Crippen LogP contribution >= 0.6 is 11.8 Å². The second-order valence-corrected chi connectivity index (χ2v) is 10.1. The molecule has 0 radical (unpaired) electrons. The highest BCUT2D eigenvalue weighted by Gasteiger charge is 2.36. The number of thioether (sulfide) groups is 1. The number of hydrogen-bond acceptors (Lipinski definition) is 4. The summed E-state index contributed by atoms with van der Waals surface area (Å²) in [7, 11) is 0. The molecule has 7 heteroatoms. The minimum Gasteiger partial charge on any atom is -0.340 e. The first kappa shape index (κ1) is 24.6. The van der Waals surface area contributed by atoms with E-state index in [0.717, 1.165) is 49.9 Å². The number of nitrogens with one attached hydrogen (secondary N) is 1. The monoisotopic (exact) mass is 509 g/mol. The quantitative estimate of drug-likeness (QED) is 0.310. The summed E-state index contributed by atoms with van der Waals surface area (Å²) < 4.78 is 2.22. The van der Waals surface area contributed by atoms with Gasteiger partial charge in [0.05, 0.1) is 4.91 Å². The molecule has 4 aromatic rings. The Hall–Kier alpha value is -4.10. The molecule has 2 heterocycles. The van der Waals surface area contributed by atoms with Gasteiger partial charge >= 0.3 is 0 Å². The van der Waals surface area contributed by atoms with E-state index in [1.165, 1.54) is 5.56 Å². The van der Waals surface area contributed by atoms with Crippen LogP contribution in [0.2, 0.25) is 0 Å². The van der Waals surface area contributed by atoms with Crippen molar-refractivity contribution in [3.05, 3.63) is 106 Å². The number of anilines is 1. The van der Waals surface area contributed by atoms with E-state index in [1.54, 1.807) is 6.08 Å². The molecule has 1 aliphatic rings. The number of carbonyl (C=O) groups excluding carboxylic acids is 3. The molecule has 0 aliphatic carbocycles. The average molecular weight is 510 g/mol. The first-order valence-corrected chi connectivity index (χ1v) is 12.9. The van der Waals surface area contributed by atoms with Gasteiger partial charge in [0, 0.05) is 34.4 Å². The summed E-state index contributed by atoms with van der Waals surface area (Å²) in [4.78, 5) is 40.0. The Kier molecular flexibility index (Phi) is 6.72. The van der Waals surface area contributed by atoms with Gasteiger partial charge in [0.2, 0.25) is 5.91 Å². The zero-order valence-electron chi connectivity index (χ0n) is 20.9. The van der Waals surface area contributed by atoms with Crippen molar-refractivity contribution in [1.29, 1.82) is 0 Å². The van der Waals surface area contributed by atoms with E-state index in [-0.39, 0.29) is 6.54 Å². The Morgan fingerprint density at radius 1 is 0.919 bits per heavy atom. The fourth-order valence-electron chi connectivity index (χ4n) is 4.60. The first-order chi connectivity index (χ1) is 17.8. The number of amides is 3. The molecule has 1 N–H and O–H groups in total. The van der Waals surface area contributed by atoms with Crippen LogP contribution in [0.15, 0.2) is 77.7 Å². The van der Waals surface area contributed by atoms with Gasteiger partial charge in [-0.1, -0.05) is 60.7 Å². The molecular formula is C30H27N3O3S. The Morgan fingerprint density at radius 2 is 1.65 bits per heavy atom. The second kappa shape index (κ2) is 10.1. The molecule has 3 amide bonds. The number of aromatic nitrogens is 1. The van der Waals surface area contributed by atoms with Gasteiger partial charge in [0.15, 0.2) is 0 Å². The lowest BCUT2D eigenvalue weighted by Gasteiger charge is -2.14. The van der Waals surface area contributed by atoms with E-state index in [0.29, 0.717) is 17.1 Å². The molecule has 5 rings (SSSR count). The van der Waals surface area contributed by atoms with Crippen LogP contribution in [0, 0.1) is 20.8 Å². The molecule has 3 aromatic carbocycles. The molecule has 1 aromatic heterocycles. The third kappa shape index (κ3) is 4.82. The first-order valence-electron chi connectivity index (χ1n) is 12.1. The number of nitrogens with zero attached hydrogens (tertiary/aromatic N) is 2. The summed E-state index contributed by atoms with van der Waals surface area (Å²) in [6, 6.07) is 23.9. The maximum absolute atomic E-state index is 13.2. The average Bonchev–Trinajstić information content (AvgIpc) is 3.30. The van der Waals surface area contributed by atoms with Gasteiger partial charge in [-0.3, -0.25) is 19.3 Å². The van der Waals surface area contributed by atoms with Crippen LogP contribution in [0.4, 0.5) is 10.5 Å². The van der Waals surface area contributed by atoms with Crippen LogP contribution in [0.1, 0.15) is 27.9 Å². The number of carbonyl (C=O) groups is 3. The topological polar surface area (TPSA) is 71.4 Å². The van der Waals surface area contributed by atoms with E-state index in [9.17, 15) is 14.4 Å². The summed E-state index contributed by atoms with van der Waals surface area (Å²) in [5.74, 6) is -0.863. The molecule has 0 atom stereocenters. The van der Waals surface area contributed by atoms with Crippen molar-refractivity contribution in [3.8, 4) is 0 Å². The van der Waals surface area contributed by atoms with Crippen LogP contribution in [0.5, 0.6) is 0 Å². The number of aryl methyl sites for hydroxylation is 1. The van der Waals surface area contributed by atoms with Crippen molar-refractivity contribution >= 4 is 51.5 Å². The van der Waals surface area contributed by atoms with Crippen molar-refractivity contribution in [2.45, 2.75) is 27.3 Å². The number of fused-ring (bicyclic) bond motifs is 1. The van der Waals surface area contributed by atoms with E-state index in [1.807, 2.05) is 75.4 Å². The zero-order chi connectivity index (χ0) is 26.1. The third-order valence-corrected chi connectivity index (χ3v) is 7.70. The van der Waals surface area contributed by atoms with E-state index in [4.69, 9.17) is 0 Å². The van der Waals surface area contributed by atoms with Crippen LogP contribution < -0.4 is 5.32 Å². The molecule has 0 spiro atoms. The lowest BCUT2D eigenvalue weighted by atomic mass is 10.1. The number of rotatable bonds is 6. The number of hydrogen-bond donors (Lipinski definition) is 1. The van der Waals surface area contributed by atoms with Crippen LogP contribution in [0.3, 0.4) is 0 Å². The lowest BCUT2D eigenvalue weighted by Crippen LogP contribution is -2.36. The highest BCUT2D eigenvalue weighted by Crippen LogP contribution is 2.36. The molecule has 0 bridgehead atoms. The smallest absolute Gasteiger partial charge is 0.294 e. The minimum absolute atomic E-state index is 0.315. The van der Waals surface area contributed by atoms with Gasteiger partial charge in [-0.25, -0.2) is 0 Å². The summed E-state index contributed by atoms with van der Waals surface area (Å²) in [6.45, 7) is 6.28. The van der Waals surface area contributed by atoms with Crippen molar-refractivity contribution in [2.75, 3.05) is 11.9 Å². The maximum atomic E-state index is 13.2. The standard InChI is InChI=1S/C30H27N3O3S/c1-19-10-9-14-25(20(19)2)31-28(34)18-33-29(35)27(37-30(33)36)16-24-21(3)32(17-22-11-5-4-6-12-22)26-15-8-7-13-23(24)26/h4-16H,17-18H2,1-3H3,(H,31,34)/b27-16-.